The van der Waals surface area contributed by atoms with Gasteiger partial charge in [0.15, 0.2) is 0 Å². The monoisotopic (exact) mass is 358 g/mol. The number of hydrogen-bond donors (Lipinski definition) is 1. The van der Waals surface area contributed by atoms with Gasteiger partial charge in [0, 0.05) is 24.8 Å². The Balaban J connectivity index is 1.64. The van der Waals surface area contributed by atoms with Crippen LogP contribution in [0.3, 0.4) is 0 Å². The lowest BCUT2D eigenvalue weighted by Gasteiger charge is -2.18. The molecule has 3 aromatic carbocycles. The smallest absolute Gasteiger partial charge is 0.253 e. The lowest BCUT2D eigenvalue weighted by Crippen LogP contribution is -2.26. The molecule has 3 aromatic rings. The Morgan fingerprint density at radius 1 is 0.815 bits per heavy atom. The molecular weight excluding hydrogens is 336 g/mol. The highest BCUT2D eigenvalue weighted by Gasteiger charge is 2.13. The molecule has 0 aliphatic carbocycles. The summed E-state index contributed by atoms with van der Waals surface area (Å²) in [6, 6.07) is 26.4. The van der Waals surface area contributed by atoms with E-state index in [2.05, 4.69) is 5.32 Å². The van der Waals surface area contributed by atoms with Gasteiger partial charge in [-0.25, -0.2) is 0 Å². The number of anilines is 1. The molecule has 3 rings (SSSR count). The minimum absolute atomic E-state index is 0.0852. The summed E-state index contributed by atoms with van der Waals surface area (Å²) in [6.45, 7) is 0.532. The summed E-state index contributed by atoms with van der Waals surface area (Å²) in [5.74, 6) is -0.193. The van der Waals surface area contributed by atoms with Crippen LogP contribution in [0.2, 0.25) is 0 Å². The Hall–Kier alpha value is -3.40. The van der Waals surface area contributed by atoms with Gasteiger partial charge in [0.2, 0.25) is 5.91 Å². The Morgan fingerprint density at radius 2 is 1.44 bits per heavy atom. The molecule has 0 saturated heterocycles. The van der Waals surface area contributed by atoms with Gasteiger partial charge in [0.1, 0.15) is 0 Å². The molecule has 4 heteroatoms. The quantitative estimate of drug-likeness (QED) is 0.720. The van der Waals surface area contributed by atoms with Crippen LogP contribution in [0, 0.1) is 0 Å². The van der Waals surface area contributed by atoms with Crippen molar-refractivity contribution >= 4 is 17.5 Å². The maximum Gasteiger partial charge on any atom is 0.253 e. The van der Waals surface area contributed by atoms with Gasteiger partial charge >= 0.3 is 0 Å². The third-order valence-corrected chi connectivity index (χ3v) is 4.21. The number of amides is 2. The molecule has 0 aliphatic heterocycles. The Morgan fingerprint density at radius 3 is 2.11 bits per heavy atom. The second-order valence-corrected chi connectivity index (χ2v) is 6.44. The molecular formula is C23H22N2O2. The lowest BCUT2D eigenvalue weighted by molar-refractivity contribution is -0.115. The zero-order chi connectivity index (χ0) is 19.1. The van der Waals surface area contributed by atoms with E-state index >= 15 is 0 Å². The summed E-state index contributed by atoms with van der Waals surface area (Å²) in [4.78, 5) is 26.6. The molecule has 0 saturated carbocycles. The van der Waals surface area contributed by atoms with Gasteiger partial charge in [-0.2, -0.15) is 0 Å². The number of hydrogen-bond acceptors (Lipinski definition) is 2. The molecule has 2 amide bonds. The molecule has 0 spiro atoms. The van der Waals surface area contributed by atoms with E-state index in [9.17, 15) is 9.59 Å². The number of carbonyl (C=O) groups excluding carboxylic acids is 2. The first-order chi connectivity index (χ1) is 13.1. The summed E-state index contributed by atoms with van der Waals surface area (Å²) in [5.41, 5.74) is 3.19. The number of nitrogens with zero attached hydrogens (tertiary/aromatic N) is 1. The van der Waals surface area contributed by atoms with Gasteiger partial charge in [-0.15, -0.1) is 0 Å². The molecule has 0 radical (unpaired) electrons. The van der Waals surface area contributed by atoms with Crippen molar-refractivity contribution in [2.45, 2.75) is 13.0 Å². The molecule has 0 unspecified atom stereocenters. The summed E-state index contributed by atoms with van der Waals surface area (Å²) in [6.07, 6.45) is 0.299. The summed E-state index contributed by atoms with van der Waals surface area (Å²) in [5, 5.41) is 2.86. The standard InChI is InChI=1S/C23H22N2O2/c1-25(17-19-11-6-3-7-12-19)23(27)20-13-8-14-21(16-20)24-22(26)15-18-9-4-2-5-10-18/h2-14,16H,15,17H2,1H3,(H,24,26). The molecule has 0 bridgehead atoms. The first-order valence-corrected chi connectivity index (χ1v) is 8.85. The van der Waals surface area contributed by atoms with Crippen LogP contribution in [0.25, 0.3) is 0 Å². The number of carbonyl (C=O) groups is 2. The van der Waals surface area contributed by atoms with Crippen molar-refractivity contribution in [1.82, 2.24) is 4.90 Å². The van der Waals surface area contributed by atoms with Crippen LogP contribution in [0.4, 0.5) is 5.69 Å². The highest BCUT2D eigenvalue weighted by atomic mass is 16.2. The fourth-order valence-electron chi connectivity index (χ4n) is 2.87. The average Bonchev–Trinajstić information content (AvgIpc) is 2.69. The maximum absolute atomic E-state index is 12.7. The van der Waals surface area contributed by atoms with E-state index in [0.717, 1.165) is 11.1 Å². The SMILES string of the molecule is CN(Cc1ccccc1)C(=O)c1cccc(NC(=O)Cc2ccccc2)c1. The molecule has 27 heavy (non-hydrogen) atoms. The summed E-state index contributed by atoms with van der Waals surface area (Å²) in [7, 11) is 1.77. The largest absolute Gasteiger partial charge is 0.337 e. The molecule has 0 aliphatic rings. The van der Waals surface area contributed by atoms with Gasteiger partial charge in [0.25, 0.3) is 5.91 Å². The minimum Gasteiger partial charge on any atom is -0.337 e. The van der Waals surface area contributed by atoms with Crippen LogP contribution in [0.15, 0.2) is 84.9 Å². The zero-order valence-electron chi connectivity index (χ0n) is 15.3. The van der Waals surface area contributed by atoms with E-state index in [1.165, 1.54) is 0 Å². The van der Waals surface area contributed by atoms with Crippen LogP contribution in [-0.2, 0) is 17.8 Å². The van der Waals surface area contributed by atoms with Crippen molar-refractivity contribution < 1.29 is 9.59 Å². The Bertz CT molecular complexity index is 908. The number of benzene rings is 3. The molecule has 0 atom stereocenters. The molecule has 1 N–H and O–H groups in total. The molecule has 136 valence electrons. The third kappa shape index (κ3) is 5.28. The lowest BCUT2D eigenvalue weighted by atomic mass is 10.1. The highest BCUT2D eigenvalue weighted by molar-refractivity contribution is 5.97. The van der Waals surface area contributed by atoms with Crippen molar-refractivity contribution in [2.75, 3.05) is 12.4 Å². The fraction of sp³-hybridized carbons (Fsp3) is 0.130. The van der Waals surface area contributed by atoms with Gasteiger partial charge in [-0.3, -0.25) is 9.59 Å². The van der Waals surface area contributed by atoms with Gasteiger partial charge in [-0.05, 0) is 29.3 Å². The van der Waals surface area contributed by atoms with E-state index in [-0.39, 0.29) is 11.8 Å². The molecule has 0 heterocycles. The Kier molecular flexibility index (Phi) is 6.00. The van der Waals surface area contributed by atoms with Crippen LogP contribution in [0.5, 0.6) is 0 Å². The van der Waals surface area contributed by atoms with Crippen LogP contribution in [-0.4, -0.2) is 23.8 Å². The average molecular weight is 358 g/mol. The predicted molar refractivity (Wildman–Crippen MR) is 107 cm³/mol. The van der Waals surface area contributed by atoms with E-state index in [1.54, 1.807) is 36.2 Å². The second kappa shape index (κ2) is 8.81. The topological polar surface area (TPSA) is 49.4 Å². The van der Waals surface area contributed by atoms with Gasteiger partial charge in [-0.1, -0.05) is 66.7 Å². The Labute approximate surface area is 159 Å². The summed E-state index contributed by atoms with van der Waals surface area (Å²) >= 11 is 0. The van der Waals surface area contributed by atoms with Crippen molar-refractivity contribution in [3.63, 3.8) is 0 Å². The van der Waals surface area contributed by atoms with Crippen molar-refractivity contribution in [3.05, 3.63) is 102 Å². The first-order valence-electron chi connectivity index (χ1n) is 8.85. The second-order valence-electron chi connectivity index (χ2n) is 6.44. The van der Waals surface area contributed by atoms with Crippen LogP contribution >= 0.6 is 0 Å². The fourth-order valence-corrected chi connectivity index (χ4v) is 2.87. The van der Waals surface area contributed by atoms with Crippen LogP contribution < -0.4 is 5.32 Å². The molecule has 0 aromatic heterocycles. The van der Waals surface area contributed by atoms with E-state index < -0.39 is 0 Å². The van der Waals surface area contributed by atoms with Crippen molar-refractivity contribution in [2.24, 2.45) is 0 Å². The van der Waals surface area contributed by atoms with Gasteiger partial charge < -0.3 is 10.2 Å². The van der Waals surface area contributed by atoms with E-state index in [0.29, 0.717) is 24.2 Å². The van der Waals surface area contributed by atoms with Crippen molar-refractivity contribution in [1.29, 1.82) is 0 Å². The highest BCUT2D eigenvalue weighted by Crippen LogP contribution is 2.14. The van der Waals surface area contributed by atoms with E-state index in [1.807, 2.05) is 60.7 Å². The van der Waals surface area contributed by atoms with Gasteiger partial charge in [0.05, 0.1) is 6.42 Å². The molecule has 4 nitrogen and oxygen atoms in total. The first kappa shape index (κ1) is 18.4. The minimum atomic E-state index is -0.108. The zero-order valence-corrected chi connectivity index (χ0v) is 15.3. The van der Waals surface area contributed by atoms with Crippen molar-refractivity contribution in [3.8, 4) is 0 Å². The summed E-state index contributed by atoms with van der Waals surface area (Å²) < 4.78 is 0. The van der Waals surface area contributed by atoms with E-state index in [4.69, 9.17) is 0 Å². The number of nitrogens with one attached hydrogen (secondary N) is 1. The normalized spacial score (nSPS) is 10.3. The third-order valence-electron chi connectivity index (χ3n) is 4.21. The van der Waals surface area contributed by atoms with Crippen LogP contribution in [0.1, 0.15) is 21.5 Å². The number of rotatable bonds is 6. The maximum atomic E-state index is 12.7. The predicted octanol–water partition coefficient (Wildman–Crippen LogP) is 4.14. The molecule has 0 fully saturated rings.